The van der Waals surface area contributed by atoms with Crippen LogP contribution < -0.4 is 10.6 Å². The minimum atomic E-state index is -2.29. The molecule has 0 radical (unpaired) electrons. The lowest BCUT2D eigenvalue weighted by atomic mass is 9.94. The molecule has 73 heavy (non-hydrogen) atoms. The average Bonchev–Trinajstić information content (AvgIpc) is 3.35. The molecule has 2 amide bonds. The third-order valence-electron chi connectivity index (χ3n) is 13.2. The molecule has 0 unspecified atom stereocenters. The summed E-state index contributed by atoms with van der Waals surface area (Å²) in [5.41, 5.74) is 0. The lowest BCUT2D eigenvalue weighted by molar-refractivity contribution is -0.391. The number of hydrogen-bond acceptors (Lipinski definition) is 31. The summed E-state index contributed by atoms with van der Waals surface area (Å²) in [7, 11) is 0. The second-order valence-electron chi connectivity index (χ2n) is 18.3. The Morgan fingerprint density at radius 2 is 0.712 bits per heavy atom. The van der Waals surface area contributed by atoms with Gasteiger partial charge >= 0.3 is 0 Å². The van der Waals surface area contributed by atoms with E-state index in [1.807, 2.05) is 0 Å². The van der Waals surface area contributed by atoms with Gasteiger partial charge in [0, 0.05) is 13.8 Å². The Kier molecular flexibility index (Phi) is 21.3. The molecule has 0 bridgehead atoms. The smallest absolute Gasteiger partial charge is 0.217 e. The first-order chi connectivity index (χ1) is 34.5. The number of hydrogen-bond donors (Lipinski definition) is 20. The van der Waals surface area contributed by atoms with Gasteiger partial charge in [-0.05, 0) is 0 Å². The van der Waals surface area contributed by atoms with Gasteiger partial charge in [-0.2, -0.15) is 0 Å². The lowest BCUT2D eigenvalue weighted by Gasteiger charge is -2.50. The van der Waals surface area contributed by atoms with Crippen molar-refractivity contribution in [2.45, 2.75) is 198 Å². The number of ether oxygens (including phenoxy) is 11. The number of carbonyl (C=O) groups is 2. The van der Waals surface area contributed by atoms with Crippen LogP contribution in [0.1, 0.15) is 13.8 Å². The van der Waals surface area contributed by atoms with Crippen molar-refractivity contribution in [3.63, 3.8) is 0 Å². The summed E-state index contributed by atoms with van der Waals surface area (Å²) in [6.45, 7) is -3.57. The van der Waals surface area contributed by atoms with Crippen LogP contribution in [0.3, 0.4) is 0 Å². The van der Waals surface area contributed by atoms with Crippen molar-refractivity contribution in [2.24, 2.45) is 0 Å². The van der Waals surface area contributed by atoms with Gasteiger partial charge in [0.15, 0.2) is 37.7 Å². The maximum atomic E-state index is 12.6. The summed E-state index contributed by atoms with van der Waals surface area (Å²) in [6, 6.07) is -3.28. The summed E-state index contributed by atoms with van der Waals surface area (Å²) in [4.78, 5) is 24.4. The Morgan fingerprint density at radius 1 is 0.356 bits per heavy atom. The fourth-order valence-electron chi connectivity index (χ4n) is 9.22. The van der Waals surface area contributed by atoms with Crippen LogP contribution in [0.15, 0.2) is 0 Å². The molecule has 0 aromatic heterocycles. The highest BCUT2D eigenvalue weighted by atomic mass is 16.8. The van der Waals surface area contributed by atoms with Crippen LogP contribution >= 0.6 is 0 Å². The van der Waals surface area contributed by atoms with E-state index in [-0.39, 0.29) is 0 Å². The molecule has 33 heteroatoms. The van der Waals surface area contributed by atoms with E-state index in [2.05, 4.69) is 10.6 Å². The minimum Gasteiger partial charge on any atom is -0.394 e. The van der Waals surface area contributed by atoms with Gasteiger partial charge in [-0.1, -0.05) is 0 Å². The molecule has 0 aliphatic carbocycles. The Hall–Kier alpha value is -2.22. The number of nitrogens with one attached hydrogen (secondary N) is 2. The van der Waals surface area contributed by atoms with E-state index >= 15 is 0 Å². The van der Waals surface area contributed by atoms with Crippen LogP contribution in [-0.2, 0) is 61.7 Å². The van der Waals surface area contributed by atoms with Gasteiger partial charge in [-0.15, -0.1) is 0 Å². The number of rotatable bonds is 18. The van der Waals surface area contributed by atoms with Crippen molar-refractivity contribution < 1.29 is 154 Å². The molecule has 6 aliphatic rings. The van der Waals surface area contributed by atoms with Crippen molar-refractivity contribution >= 4 is 11.8 Å². The van der Waals surface area contributed by atoms with E-state index in [4.69, 9.17) is 52.1 Å². The highest BCUT2D eigenvalue weighted by molar-refractivity contribution is 5.73. The highest BCUT2D eigenvalue weighted by Crippen LogP contribution is 2.36. The van der Waals surface area contributed by atoms with E-state index < -0.39 is 236 Å². The molecule has 0 aromatic carbocycles. The molecule has 6 aliphatic heterocycles. The van der Waals surface area contributed by atoms with Crippen molar-refractivity contribution in [3.8, 4) is 0 Å². The molecule has 6 rings (SSSR count). The van der Waals surface area contributed by atoms with Crippen molar-refractivity contribution in [2.75, 3.05) is 39.6 Å². The molecule has 6 saturated heterocycles. The van der Waals surface area contributed by atoms with Gasteiger partial charge in [0.1, 0.15) is 146 Å². The molecular weight excluding hydrogens is 1000 g/mol. The maximum Gasteiger partial charge on any atom is 0.217 e. The molecule has 30 atom stereocenters. The van der Waals surface area contributed by atoms with Crippen LogP contribution in [0.2, 0.25) is 0 Å². The van der Waals surface area contributed by atoms with Gasteiger partial charge in [0.05, 0.1) is 39.6 Å². The zero-order chi connectivity index (χ0) is 53.9. The fraction of sp³-hybridized carbons (Fsp3) is 0.950. The first kappa shape index (κ1) is 60.0. The average molecular weight is 1070 g/mol. The van der Waals surface area contributed by atoms with Crippen LogP contribution in [0.25, 0.3) is 0 Å². The number of carbonyl (C=O) groups excluding carboxylic acids is 2. The highest BCUT2D eigenvalue weighted by Gasteiger charge is 2.57. The Labute approximate surface area is 413 Å². The van der Waals surface area contributed by atoms with Gasteiger partial charge in [0.25, 0.3) is 0 Å². The zero-order valence-corrected chi connectivity index (χ0v) is 38.9. The Bertz CT molecular complexity index is 1740. The first-order valence-corrected chi connectivity index (χ1v) is 23.1. The van der Waals surface area contributed by atoms with Gasteiger partial charge < -0.3 is 155 Å². The normalized spacial score (nSPS) is 49.8. The summed E-state index contributed by atoms with van der Waals surface area (Å²) < 4.78 is 62.4. The van der Waals surface area contributed by atoms with Crippen LogP contribution in [-0.4, -0.2) is 327 Å². The first-order valence-electron chi connectivity index (χ1n) is 23.1. The molecule has 424 valence electrons. The number of aliphatic hydroxyl groups is 18. The number of amides is 2. The summed E-state index contributed by atoms with van der Waals surface area (Å²) in [5, 5.41) is 197. The monoisotopic (exact) mass is 1070 g/mol. The largest absolute Gasteiger partial charge is 0.394 e. The van der Waals surface area contributed by atoms with E-state index in [9.17, 15) is 102 Å². The Balaban J connectivity index is 1.26. The van der Waals surface area contributed by atoms with Crippen molar-refractivity contribution in [1.82, 2.24) is 10.6 Å². The predicted octanol–water partition coefficient (Wildman–Crippen LogP) is -13.8. The van der Waals surface area contributed by atoms with Gasteiger partial charge in [0.2, 0.25) is 11.8 Å². The second kappa shape index (κ2) is 26.0. The minimum absolute atomic E-state index is 0.716. The molecule has 0 saturated carbocycles. The summed E-state index contributed by atoms with van der Waals surface area (Å²) in [5.74, 6) is -1.55. The second-order valence-corrected chi connectivity index (χ2v) is 18.3. The van der Waals surface area contributed by atoms with Crippen LogP contribution in [0.4, 0.5) is 0 Å². The molecule has 33 nitrogen and oxygen atoms in total. The van der Waals surface area contributed by atoms with Gasteiger partial charge in [-0.25, -0.2) is 0 Å². The topological polar surface area (TPSA) is 524 Å². The van der Waals surface area contributed by atoms with E-state index in [1.165, 1.54) is 0 Å². The quantitative estimate of drug-likeness (QED) is 0.0606. The number of aliphatic hydroxyl groups excluding tert-OH is 18. The molecular formula is C40H68N2O31. The maximum absolute atomic E-state index is 12.6. The lowest BCUT2D eigenvalue weighted by Crippen LogP contribution is -2.70. The van der Waals surface area contributed by atoms with E-state index in [0.717, 1.165) is 13.8 Å². The van der Waals surface area contributed by atoms with E-state index in [0.29, 0.717) is 0 Å². The third-order valence-corrected chi connectivity index (χ3v) is 13.2. The van der Waals surface area contributed by atoms with E-state index in [1.54, 1.807) is 0 Å². The van der Waals surface area contributed by atoms with Gasteiger partial charge in [-0.3, -0.25) is 9.59 Å². The summed E-state index contributed by atoms with van der Waals surface area (Å²) >= 11 is 0. The van der Waals surface area contributed by atoms with Crippen LogP contribution in [0.5, 0.6) is 0 Å². The zero-order valence-electron chi connectivity index (χ0n) is 38.9. The SMILES string of the molecule is CC(=O)N[C@@H]1[C@@H](O)[C@H](O[C@@H]2O[C@H](CO)[C@@H](O[C@H]3O[C@H](CO[C@H]4O[C@H](CO)[C@@H](O)[C@H](O)[C@@H]4O)[C@@H](O)[C@H](O[C@H]4O[C@H](CO)[C@@H](O[C@H]5O[C@H](CO)[C@@H](O)[C@H](O)[C@@H]5O)[C@H](O)[C@@H]4O)[C@@H]3O)[C@H](O)[C@H]2NC(C)=O)[C@@H](CO)O[C@H]1O. The standard InChI is InChI=1S/C40H68N2O31/c1-9(48)41-17-22(53)31(13(5-45)64-35(17)62)70-36-18(42-10(2)49)23(54)32(14(6-46)67-36)71-40-30(61)34(21(52)16(69-40)8-63-37-27(58)24(55)19(50)11(3-43)65-37)73-39-29(60)26(57)33(15(7-47)68-39)72-38-28(59)25(56)20(51)12(4-44)66-38/h11-40,43-47,50-62H,3-8H2,1-2H3,(H,41,48)(H,42,49)/t11-,12-,13-,14-,15-,16-,17-,18-,19-,20-,21-,22-,23-,24+,25+,26-,27+,28+,29+,30+,31-,32-,33-,34+,35-,36+,37+,38-,39-,40-/m1/s1. The third kappa shape index (κ3) is 13.0. The van der Waals surface area contributed by atoms with Crippen molar-refractivity contribution in [1.29, 1.82) is 0 Å². The molecule has 6 heterocycles. The molecule has 0 spiro atoms. The van der Waals surface area contributed by atoms with Crippen molar-refractivity contribution in [3.05, 3.63) is 0 Å². The summed E-state index contributed by atoms with van der Waals surface area (Å²) in [6.07, 6.45) is -53.4. The fourth-order valence-corrected chi connectivity index (χ4v) is 9.22. The Morgan fingerprint density at radius 3 is 1.22 bits per heavy atom. The molecule has 20 N–H and O–H groups in total. The molecule has 6 fully saturated rings. The molecule has 0 aromatic rings. The predicted molar refractivity (Wildman–Crippen MR) is 222 cm³/mol. The van der Waals surface area contributed by atoms with Crippen LogP contribution in [0, 0.1) is 0 Å².